The molecule has 1 N–H and O–H groups in total. The molecular formula is C12H17N5O. The molecule has 6 heteroatoms. The molecular weight excluding hydrogens is 230 g/mol. The summed E-state index contributed by atoms with van der Waals surface area (Å²) in [4.78, 5) is 1.59. The number of nitrogens with one attached hydrogen (secondary N) is 1. The van der Waals surface area contributed by atoms with Crippen LogP contribution >= 0.6 is 0 Å². The van der Waals surface area contributed by atoms with Gasteiger partial charge in [0.05, 0.1) is 13.2 Å². The summed E-state index contributed by atoms with van der Waals surface area (Å²) in [6, 6.07) is 9.71. The number of tetrazole rings is 1. The molecule has 0 saturated heterocycles. The second kappa shape index (κ2) is 6.70. The summed E-state index contributed by atoms with van der Waals surface area (Å²) in [5.74, 6) is 1.57. The molecule has 96 valence electrons. The molecule has 6 nitrogen and oxygen atoms in total. The second-order valence-electron chi connectivity index (χ2n) is 3.82. The van der Waals surface area contributed by atoms with Gasteiger partial charge in [-0.25, -0.2) is 0 Å². The SMILES string of the molecule is CNCCn1nnc(CCOc2ccccc2)n1. The van der Waals surface area contributed by atoms with Gasteiger partial charge in [0.25, 0.3) is 0 Å². The van der Waals surface area contributed by atoms with Crippen LogP contribution in [0.15, 0.2) is 30.3 Å². The standard InChI is InChI=1S/C12H17N5O/c1-13-8-9-17-15-12(14-16-17)7-10-18-11-5-3-2-4-6-11/h2-6,13H,7-10H2,1H3. The van der Waals surface area contributed by atoms with Crippen molar-refractivity contribution in [2.45, 2.75) is 13.0 Å². The lowest BCUT2D eigenvalue weighted by molar-refractivity contribution is 0.318. The molecule has 0 saturated carbocycles. The lowest BCUT2D eigenvalue weighted by Gasteiger charge is -2.03. The lowest BCUT2D eigenvalue weighted by atomic mass is 10.3. The highest BCUT2D eigenvalue weighted by atomic mass is 16.5. The monoisotopic (exact) mass is 247 g/mol. The quantitative estimate of drug-likeness (QED) is 0.772. The van der Waals surface area contributed by atoms with Gasteiger partial charge in [-0.3, -0.25) is 0 Å². The molecule has 0 unspecified atom stereocenters. The van der Waals surface area contributed by atoms with E-state index in [1.165, 1.54) is 0 Å². The molecule has 1 heterocycles. The number of hydrogen-bond donors (Lipinski definition) is 1. The maximum Gasteiger partial charge on any atom is 0.178 e. The summed E-state index contributed by atoms with van der Waals surface area (Å²) in [7, 11) is 1.89. The first kappa shape index (κ1) is 12.5. The average Bonchev–Trinajstić information content (AvgIpc) is 2.85. The van der Waals surface area contributed by atoms with Gasteiger partial charge >= 0.3 is 0 Å². The Morgan fingerprint density at radius 3 is 2.89 bits per heavy atom. The Morgan fingerprint density at radius 2 is 2.11 bits per heavy atom. The molecule has 0 atom stereocenters. The van der Waals surface area contributed by atoms with E-state index in [-0.39, 0.29) is 0 Å². The summed E-state index contributed by atoms with van der Waals surface area (Å²) in [6.07, 6.45) is 0.661. The highest BCUT2D eigenvalue weighted by Gasteiger charge is 2.02. The maximum absolute atomic E-state index is 5.57. The Labute approximate surface area is 106 Å². The number of hydrogen-bond acceptors (Lipinski definition) is 5. The Morgan fingerprint density at radius 1 is 1.28 bits per heavy atom. The van der Waals surface area contributed by atoms with Crippen LogP contribution in [-0.2, 0) is 13.0 Å². The Hall–Kier alpha value is -1.95. The number of likely N-dealkylation sites (N-methyl/N-ethyl adjacent to an activating group) is 1. The molecule has 1 aromatic carbocycles. The molecule has 0 fully saturated rings. The van der Waals surface area contributed by atoms with Crippen LogP contribution in [0.2, 0.25) is 0 Å². The first-order chi connectivity index (χ1) is 8.88. The Kier molecular flexibility index (Phi) is 4.66. The normalized spacial score (nSPS) is 10.5. The molecule has 0 bridgehead atoms. The molecule has 0 amide bonds. The fourth-order valence-corrected chi connectivity index (χ4v) is 1.46. The smallest absolute Gasteiger partial charge is 0.178 e. The van der Waals surface area contributed by atoms with Gasteiger partial charge in [-0.05, 0) is 24.4 Å². The average molecular weight is 247 g/mol. The zero-order valence-corrected chi connectivity index (χ0v) is 10.4. The molecule has 18 heavy (non-hydrogen) atoms. The van der Waals surface area contributed by atoms with Gasteiger partial charge in [-0.1, -0.05) is 18.2 Å². The fourth-order valence-electron chi connectivity index (χ4n) is 1.46. The van der Waals surface area contributed by atoms with Gasteiger partial charge in [0.2, 0.25) is 0 Å². The minimum Gasteiger partial charge on any atom is -0.493 e. The predicted molar refractivity (Wildman–Crippen MR) is 67.4 cm³/mol. The van der Waals surface area contributed by atoms with Crippen molar-refractivity contribution < 1.29 is 4.74 Å². The van der Waals surface area contributed by atoms with E-state index in [1.54, 1.807) is 4.80 Å². The Balaban J connectivity index is 1.75. The minimum atomic E-state index is 0.557. The molecule has 0 aliphatic carbocycles. The highest BCUT2D eigenvalue weighted by Crippen LogP contribution is 2.08. The highest BCUT2D eigenvalue weighted by molar-refractivity contribution is 5.20. The van der Waals surface area contributed by atoms with Gasteiger partial charge in [0.15, 0.2) is 5.82 Å². The van der Waals surface area contributed by atoms with E-state index >= 15 is 0 Å². The number of benzene rings is 1. The summed E-state index contributed by atoms with van der Waals surface area (Å²) >= 11 is 0. The van der Waals surface area contributed by atoms with Gasteiger partial charge in [0.1, 0.15) is 5.75 Å². The maximum atomic E-state index is 5.57. The Bertz CT molecular complexity index is 457. The minimum absolute atomic E-state index is 0.557. The van der Waals surface area contributed by atoms with Crippen LogP contribution in [0.5, 0.6) is 5.75 Å². The van der Waals surface area contributed by atoms with E-state index in [0.29, 0.717) is 18.9 Å². The zero-order valence-electron chi connectivity index (χ0n) is 10.4. The summed E-state index contributed by atoms with van der Waals surface area (Å²) in [5, 5.41) is 15.2. The molecule has 0 aliphatic heterocycles. The van der Waals surface area contributed by atoms with E-state index in [1.807, 2.05) is 37.4 Å². The van der Waals surface area contributed by atoms with Crippen molar-refractivity contribution in [1.29, 1.82) is 0 Å². The first-order valence-electron chi connectivity index (χ1n) is 5.97. The van der Waals surface area contributed by atoms with Crippen LogP contribution in [0.3, 0.4) is 0 Å². The summed E-state index contributed by atoms with van der Waals surface area (Å²) < 4.78 is 5.57. The third-order valence-corrected chi connectivity index (χ3v) is 2.39. The van der Waals surface area contributed by atoms with Crippen LogP contribution < -0.4 is 10.1 Å². The first-order valence-corrected chi connectivity index (χ1v) is 5.97. The second-order valence-corrected chi connectivity index (χ2v) is 3.82. The topological polar surface area (TPSA) is 64.9 Å². The largest absolute Gasteiger partial charge is 0.493 e. The van der Waals surface area contributed by atoms with Gasteiger partial charge in [-0.2, -0.15) is 4.80 Å². The predicted octanol–water partition coefficient (Wildman–Crippen LogP) is 0.514. The van der Waals surface area contributed by atoms with Gasteiger partial charge in [0, 0.05) is 13.0 Å². The molecule has 2 aromatic rings. The number of aromatic nitrogens is 4. The lowest BCUT2D eigenvalue weighted by Crippen LogP contribution is -2.16. The third kappa shape index (κ3) is 3.81. The number of nitrogens with zero attached hydrogens (tertiary/aromatic N) is 4. The number of ether oxygens (including phenoxy) is 1. The van der Waals surface area contributed by atoms with Gasteiger partial charge < -0.3 is 10.1 Å². The van der Waals surface area contributed by atoms with Crippen molar-refractivity contribution in [2.24, 2.45) is 0 Å². The van der Waals surface area contributed by atoms with Crippen molar-refractivity contribution in [2.75, 3.05) is 20.2 Å². The third-order valence-electron chi connectivity index (χ3n) is 2.39. The zero-order chi connectivity index (χ0) is 12.6. The van der Waals surface area contributed by atoms with Crippen LogP contribution in [-0.4, -0.2) is 40.4 Å². The number of para-hydroxylation sites is 1. The van der Waals surface area contributed by atoms with Gasteiger partial charge in [-0.15, -0.1) is 10.2 Å². The van der Waals surface area contributed by atoms with E-state index in [0.717, 1.165) is 18.8 Å². The van der Waals surface area contributed by atoms with E-state index in [4.69, 9.17) is 4.74 Å². The molecule has 0 aliphatic rings. The van der Waals surface area contributed by atoms with Crippen LogP contribution in [0.4, 0.5) is 0 Å². The fraction of sp³-hybridized carbons (Fsp3) is 0.417. The van der Waals surface area contributed by atoms with Crippen LogP contribution in [0, 0.1) is 0 Å². The molecule has 0 spiro atoms. The summed E-state index contributed by atoms with van der Waals surface area (Å²) in [6.45, 7) is 2.11. The number of rotatable bonds is 7. The molecule has 2 rings (SSSR count). The summed E-state index contributed by atoms with van der Waals surface area (Å²) in [5.41, 5.74) is 0. The molecule has 1 aromatic heterocycles. The van der Waals surface area contributed by atoms with Crippen molar-refractivity contribution in [3.8, 4) is 5.75 Å². The van der Waals surface area contributed by atoms with Crippen LogP contribution in [0.25, 0.3) is 0 Å². The van der Waals surface area contributed by atoms with E-state index in [9.17, 15) is 0 Å². The van der Waals surface area contributed by atoms with Crippen molar-refractivity contribution in [1.82, 2.24) is 25.5 Å². The van der Waals surface area contributed by atoms with Crippen molar-refractivity contribution in [3.63, 3.8) is 0 Å². The van der Waals surface area contributed by atoms with Crippen molar-refractivity contribution >= 4 is 0 Å². The van der Waals surface area contributed by atoms with E-state index in [2.05, 4.69) is 20.7 Å². The van der Waals surface area contributed by atoms with E-state index < -0.39 is 0 Å². The molecule has 0 radical (unpaired) electrons. The van der Waals surface area contributed by atoms with Crippen molar-refractivity contribution in [3.05, 3.63) is 36.2 Å². The van der Waals surface area contributed by atoms with Crippen LogP contribution in [0.1, 0.15) is 5.82 Å².